The van der Waals surface area contributed by atoms with Crippen molar-refractivity contribution >= 4 is 49.9 Å². The molecule has 0 aromatic heterocycles. The third-order valence-electron chi connectivity index (χ3n) is 5.00. The highest BCUT2D eigenvalue weighted by Crippen LogP contribution is 2.33. The van der Waals surface area contributed by atoms with E-state index in [1.807, 2.05) is 61.5 Å². The molecule has 3 aromatic carbocycles. The molecule has 6 heteroatoms. The molecule has 1 fully saturated rings. The van der Waals surface area contributed by atoms with Crippen LogP contribution in [-0.2, 0) is 9.59 Å². The summed E-state index contributed by atoms with van der Waals surface area (Å²) in [6.07, 6.45) is 1.89. The second-order valence-corrected chi connectivity index (χ2v) is 7.97. The summed E-state index contributed by atoms with van der Waals surface area (Å²) in [4.78, 5) is 24.4. The number of carbonyl (C=O) groups is 2. The van der Waals surface area contributed by atoms with E-state index in [9.17, 15) is 9.59 Å². The van der Waals surface area contributed by atoms with Crippen molar-refractivity contribution in [2.75, 3.05) is 17.2 Å². The molecule has 4 rings (SSSR count). The van der Waals surface area contributed by atoms with Crippen LogP contribution in [0.1, 0.15) is 18.4 Å². The maximum atomic E-state index is 12.4. The summed E-state index contributed by atoms with van der Waals surface area (Å²) in [7, 11) is 0. The van der Waals surface area contributed by atoms with Crippen LogP contribution < -0.4 is 15.4 Å². The van der Waals surface area contributed by atoms with Gasteiger partial charge in [-0.25, -0.2) is 0 Å². The standard InChI is InChI=1S/C23H21BrN2O3/c1-14-18(7-4-8-19(14)26-23(28)16-9-10-16)25-21(27)13-29-20-12-11-15-5-2-3-6-17(15)22(20)24/h2-8,11-12,16H,9-10,13H2,1H3,(H,25,27)(H,26,28). The predicted octanol–water partition coefficient (Wildman–Crippen LogP) is 5.28. The molecule has 1 aliphatic carbocycles. The second-order valence-electron chi connectivity index (χ2n) is 7.18. The minimum atomic E-state index is -0.265. The third kappa shape index (κ3) is 4.43. The zero-order chi connectivity index (χ0) is 20.4. The van der Waals surface area contributed by atoms with Gasteiger partial charge in [0.15, 0.2) is 6.61 Å². The van der Waals surface area contributed by atoms with Gasteiger partial charge in [-0.05, 0) is 70.2 Å². The van der Waals surface area contributed by atoms with Gasteiger partial charge in [0.25, 0.3) is 5.91 Å². The fourth-order valence-corrected chi connectivity index (χ4v) is 3.75. The van der Waals surface area contributed by atoms with Crippen molar-refractivity contribution in [2.24, 2.45) is 5.92 Å². The smallest absolute Gasteiger partial charge is 0.262 e. The van der Waals surface area contributed by atoms with Crippen LogP contribution in [0.25, 0.3) is 10.8 Å². The van der Waals surface area contributed by atoms with Crippen LogP contribution in [-0.4, -0.2) is 18.4 Å². The van der Waals surface area contributed by atoms with E-state index in [0.29, 0.717) is 11.4 Å². The molecular formula is C23H21BrN2O3. The van der Waals surface area contributed by atoms with Crippen molar-refractivity contribution in [1.29, 1.82) is 0 Å². The molecular weight excluding hydrogens is 432 g/mol. The van der Waals surface area contributed by atoms with Gasteiger partial charge >= 0.3 is 0 Å². The maximum Gasteiger partial charge on any atom is 0.262 e. The van der Waals surface area contributed by atoms with Crippen LogP contribution in [0.5, 0.6) is 5.75 Å². The molecule has 148 valence electrons. The number of amides is 2. The van der Waals surface area contributed by atoms with Gasteiger partial charge in [-0.1, -0.05) is 36.4 Å². The molecule has 3 aromatic rings. The van der Waals surface area contributed by atoms with Crippen molar-refractivity contribution in [2.45, 2.75) is 19.8 Å². The lowest BCUT2D eigenvalue weighted by Gasteiger charge is -2.14. The number of fused-ring (bicyclic) bond motifs is 1. The summed E-state index contributed by atoms with van der Waals surface area (Å²) in [5.41, 5.74) is 2.20. The zero-order valence-corrected chi connectivity index (χ0v) is 17.6. The molecule has 0 bridgehead atoms. The van der Waals surface area contributed by atoms with Crippen LogP contribution >= 0.6 is 15.9 Å². The topological polar surface area (TPSA) is 67.4 Å². The Kier molecular flexibility index (Phi) is 5.53. The van der Waals surface area contributed by atoms with Gasteiger partial charge in [0.1, 0.15) is 5.75 Å². The van der Waals surface area contributed by atoms with Gasteiger partial charge < -0.3 is 15.4 Å². The second kappa shape index (κ2) is 8.25. The Hall–Kier alpha value is -2.86. The Labute approximate surface area is 177 Å². The molecule has 0 spiro atoms. The number of carbonyl (C=O) groups excluding carboxylic acids is 2. The van der Waals surface area contributed by atoms with E-state index in [-0.39, 0.29) is 24.3 Å². The Morgan fingerprint density at radius 3 is 2.48 bits per heavy atom. The largest absolute Gasteiger partial charge is 0.483 e. The summed E-state index contributed by atoms with van der Waals surface area (Å²) in [5, 5.41) is 7.93. The lowest BCUT2D eigenvalue weighted by Crippen LogP contribution is -2.21. The minimum Gasteiger partial charge on any atom is -0.483 e. The van der Waals surface area contributed by atoms with E-state index in [4.69, 9.17) is 4.74 Å². The number of hydrogen-bond donors (Lipinski definition) is 2. The molecule has 0 radical (unpaired) electrons. The van der Waals surface area contributed by atoms with E-state index in [2.05, 4.69) is 26.6 Å². The summed E-state index contributed by atoms with van der Waals surface area (Å²) < 4.78 is 6.55. The third-order valence-corrected chi connectivity index (χ3v) is 5.82. The molecule has 1 aliphatic rings. The first-order valence-corrected chi connectivity index (χ1v) is 10.3. The molecule has 0 heterocycles. The van der Waals surface area contributed by atoms with Crippen molar-refractivity contribution in [1.82, 2.24) is 0 Å². The van der Waals surface area contributed by atoms with E-state index < -0.39 is 0 Å². The van der Waals surface area contributed by atoms with Crippen molar-refractivity contribution in [3.05, 3.63) is 64.6 Å². The van der Waals surface area contributed by atoms with Crippen LogP contribution in [0.15, 0.2) is 59.1 Å². The highest BCUT2D eigenvalue weighted by atomic mass is 79.9. The van der Waals surface area contributed by atoms with Crippen molar-refractivity contribution < 1.29 is 14.3 Å². The van der Waals surface area contributed by atoms with Gasteiger partial charge in [0, 0.05) is 17.3 Å². The molecule has 0 atom stereocenters. The first-order chi connectivity index (χ1) is 14.0. The molecule has 29 heavy (non-hydrogen) atoms. The van der Waals surface area contributed by atoms with Gasteiger partial charge in [-0.2, -0.15) is 0 Å². The average Bonchev–Trinajstić information content (AvgIpc) is 3.56. The summed E-state index contributed by atoms with van der Waals surface area (Å²) in [5.74, 6) is 0.516. The lowest BCUT2D eigenvalue weighted by molar-refractivity contribution is -0.118. The summed E-state index contributed by atoms with van der Waals surface area (Å²) in [6, 6.07) is 17.2. The first kappa shape index (κ1) is 19.5. The van der Waals surface area contributed by atoms with E-state index in [1.165, 1.54) is 0 Å². The maximum absolute atomic E-state index is 12.4. The monoisotopic (exact) mass is 452 g/mol. The fraction of sp³-hybridized carbons (Fsp3) is 0.217. The number of hydrogen-bond acceptors (Lipinski definition) is 3. The highest BCUT2D eigenvalue weighted by molar-refractivity contribution is 9.10. The quantitative estimate of drug-likeness (QED) is 0.534. The van der Waals surface area contributed by atoms with Crippen LogP contribution in [0.3, 0.4) is 0 Å². The van der Waals surface area contributed by atoms with Crippen LogP contribution in [0.2, 0.25) is 0 Å². The number of rotatable bonds is 6. The lowest BCUT2D eigenvalue weighted by atomic mass is 10.1. The normalized spacial score (nSPS) is 13.2. The highest BCUT2D eigenvalue weighted by Gasteiger charge is 2.29. The summed E-state index contributed by atoms with van der Waals surface area (Å²) in [6.45, 7) is 1.76. The number of anilines is 2. The first-order valence-electron chi connectivity index (χ1n) is 9.53. The molecule has 5 nitrogen and oxygen atoms in total. The fourth-order valence-electron chi connectivity index (χ4n) is 3.14. The zero-order valence-electron chi connectivity index (χ0n) is 16.0. The number of halogens is 1. The molecule has 2 amide bonds. The Morgan fingerprint density at radius 1 is 1.00 bits per heavy atom. The SMILES string of the molecule is Cc1c(NC(=O)COc2ccc3ccccc3c2Br)cccc1NC(=O)C1CC1. The van der Waals surface area contributed by atoms with Crippen LogP contribution in [0.4, 0.5) is 11.4 Å². The number of benzene rings is 3. The Balaban J connectivity index is 1.41. The molecule has 0 aliphatic heterocycles. The minimum absolute atomic E-state index is 0.0427. The van der Waals surface area contributed by atoms with E-state index in [1.54, 1.807) is 0 Å². The van der Waals surface area contributed by atoms with Gasteiger partial charge in [0.2, 0.25) is 5.91 Å². The van der Waals surface area contributed by atoms with Gasteiger partial charge in [-0.3, -0.25) is 9.59 Å². The van der Waals surface area contributed by atoms with Crippen LogP contribution in [0, 0.1) is 12.8 Å². The predicted molar refractivity (Wildman–Crippen MR) is 118 cm³/mol. The molecule has 0 saturated heterocycles. The average molecular weight is 453 g/mol. The van der Waals surface area contributed by atoms with E-state index in [0.717, 1.165) is 39.3 Å². The number of ether oxygens (including phenoxy) is 1. The van der Waals surface area contributed by atoms with Gasteiger partial charge in [-0.15, -0.1) is 0 Å². The Bertz CT molecular complexity index is 1090. The van der Waals surface area contributed by atoms with Gasteiger partial charge in [0.05, 0.1) is 4.47 Å². The van der Waals surface area contributed by atoms with Crippen molar-refractivity contribution in [3.8, 4) is 5.75 Å². The molecule has 2 N–H and O–H groups in total. The summed E-state index contributed by atoms with van der Waals surface area (Å²) >= 11 is 3.56. The van der Waals surface area contributed by atoms with Crippen molar-refractivity contribution in [3.63, 3.8) is 0 Å². The molecule has 1 saturated carbocycles. The number of nitrogens with one attached hydrogen (secondary N) is 2. The van der Waals surface area contributed by atoms with E-state index >= 15 is 0 Å². The Morgan fingerprint density at radius 2 is 1.72 bits per heavy atom. The molecule has 0 unspecified atom stereocenters.